The molecule has 15 nitrogen and oxygen atoms in total. The van der Waals surface area contributed by atoms with Crippen molar-refractivity contribution in [2.45, 2.75) is 18.4 Å². The maximum Gasteiger partial charge on any atom is 0.323 e. The number of carboxylic acids is 4. The predicted molar refractivity (Wildman–Crippen MR) is 148 cm³/mol. The molecule has 0 aliphatic carbocycles. The van der Waals surface area contributed by atoms with E-state index in [1.54, 1.807) is 0 Å². The Bertz CT molecular complexity index is 1670. The summed E-state index contributed by atoms with van der Waals surface area (Å²) in [6.07, 6.45) is 0. The first-order valence-electron chi connectivity index (χ1n) is 12.5. The zero-order valence-corrected chi connectivity index (χ0v) is 23.6. The van der Waals surface area contributed by atoms with Crippen molar-refractivity contribution in [1.29, 1.82) is 0 Å². The molecule has 0 bridgehead atoms. The molecule has 3 aromatic rings. The van der Waals surface area contributed by atoms with E-state index in [4.69, 9.17) is 18.9 Å². The van der Waals surface area contributed by atoms with Crippen LogP contribution in [-0.2, 0) is 25.8 Å². The van der Waals surface area contributed by atoms with Gasteiger partial charge in [0.15, 0.2) is 40.7 Å². The van der Waals surface area contributed by atoms with Gasteiger partial charge < -0.3 is 50.0 Å². The number of carbonyl (C=O) groups excluding carboxylic acids is 1. The van der Waals surface area contributed by atoms with Gasteiger partial charge in [-0.15, -0.1) is 11.3 Å². The number of ether oxygens (including phenoxy) is 4. The molecule has 1 aliphatic rings. The number of carboxylic acid groups (broad SMARTS) is 4. The Balaban J connectivity index is 1.63. The maximum atomic E-state index is 14.9. The van der Waals surface area contributed by atoms with Gasteiger partial charge in [-0.3, -0.25) is 19.2 Å². The van der Waals surface area contributed by atoms with Gasteiger partial charge in [0.2, 0.25) is 0 Å². The van der Waals surface area contributed by atoms with Gasteiger partial charge in [0.05, 0.1) is 24.0 Å². The summed E-state index contributed by atoms with van der Waals surface area (Å²) >= 11 is 0.387. The molecule has 4 rings (SSSR count). The van der Waals surface area contributed by atoms with Crippen molar-refractivity contribution in [3.8, 4) is 23.0 Å². The number of aliphatic carboxylic acids is 4. The first kappa shape index (κ1) is 32.3. The SMILES string of the molecule is COc1cc(F)c(NC(=O)Nc2csc(C(C(=O)O)C(=O)O)c2C(C(=O)O)C(=O)O)cc1OCc1c(F)ccc2c1OCCO2. The van der Waals surface area contributed by atoms with Gasteiger partial charge >= 0.3 is 29.9 Å². The third-order valence-corrected chi connectivity index (χ3v) is 7.34. The van der Waals surface area contributed by atoms with Crippen LogP contribution >= 0.6 is 11.3 Å². The fourth-order valence-electron chi connectivity index (χ4n) is 4.30. The zero-order valence-electron chi connectivity index (χ0n) is 22.8. The minimum absolute atomic E-state index is 0.0148. The number of anilines is 2. The average Bonchev–Trinajstić information content (AvgIpc) is 3.34. The second-order valence-electron chi connectivity index (χ2n) is 9.05. The smallest absolute Gasteiger partial charge is 0.323 e. The van der Waals surface area contributed by atoms with Gasteiger partial charge in [-0.2, -0.15) is 0 Å². The molecule has 0 saturated heterocycles. The lowest BCUT2D eigenvalue weighted by Gasteiger charge is -2.22. The molecule has 0 fully saturated rings. The van der Waals surface area contributed by atoms with E-state index in [2.05, 4.69) is 10.6 Å². The topological polar surface area (TPSA) is 227 Å². The van der Waals surface area contributed by atoms with Crippen molar-refractivity contribution < 1.29 is 72.1 Å². The minimum atomic E-state index is -2.47. The third kappa shape index (κ3) is 6.80. The first-order valence-corrected chi connectivity index (χ1v) is 13.4. The lowest BCUT2D eigenvalue weighted by molar-refractivity contribution is -0.152. The van der Waals surface area contributed by atoms with Crippen molar-refractivity contribution in [3.63, 3.8) is 0 Å². The summed E-state index contributed by atoms with van der Waals surface area (Å²) in [6, 6.07) is 3.09. The molecule has 0 unspecified atom stereocenters. The number of nitrogens with one attached hydrogen (secondary N) is 2. The number of fused-ring (bicyclic) bond motifs is 1. The van der Waals surface area contributed by atoms with Crippen molar-refractivity contribution in [2.75, 3.05) is 31.0 Å². The number of hydrogen-bond acceptors (Lipinski definition) is 10. The van der Waals surface area contributed by atoms with Crippen molar-refractivity contribution in [1.82, 2.24) is 0 Å². The summed E-state index contributed by atoms with van der Waals surface area (Å²) in [4.78, 5) is 59.0. The largest absolute Gasteiger partial charge is 0.493 e. The highest BCUT2D eigenvalue weighted by Gasteiger charge is 2.40. The van der Waals surface area contributed by atoms with Crippen LogP contribution in [0, 0.1) is 11.6 Å². The van der Waals surface area contributed by atoms with E-state index in [-0.39, 0.29) is 41.8 Å². The molecule has 1 aromatic heterocycles. The van der Waals surface area contributed by atoms with E-state index in [0.717, 1.165) is 23.6 Å². The summed E-state index contributed by atoms with van der Waals surface area (Å²) in [6.45, 7) is -0.0249. The second-order valence-corrected chi connectivity index (χ2v) is 9.96. The molecule has 6 N–H and O–H groups in total. The number of hydrogen-bond donors (Lipinski definition) is 6. The van der Waals surface area contributed by atoms with Crippen LogP contribution in [-0.4, -0.2) is 70.7 Å². The number of thiophene rings is 1. The van der Waals surface area contributed by atoms with Gasteiger partial charge in [0.25, 0.3) is 0 Å². The van der Waals surface area contributed by atoms with Gasteiger partial charge in [-0.05, 0) is 12.1 Å². The number of carbonyl (C=O) groups is 5. The summed E-state index contributed by atoms with van der Waals surface area (Å²) in [5, 5.41) is 43.0. The summed E-state index contributed by atoms with van der Waals surface area (Å²) in [7, 11) is 1.20. The van der Waals surface area contributed by atoms with E-state index >= 15 is 0 Å². The highest BCUT2D eigenvalue weighted by atomic mass is 32.1. The molecule has 1 aliphatic heterocycles. The lowest BCUT2D eigenvalue weighted by atomic mass is 9.93. The van der Waals surface area contributed by atoms with E-state index in [1.807, 2.05) is 0 Å². The Morgan fingerprint density at radius 1 is 0.867 bits per heavy atom. The predicted octanol–water partition coefficient (Wildman–Crippen LogP) is 3.53. The zero-order chi connectivity index (χ0) is 33.0. The molecule has 0 spiro atoms. The lowest BCUT2D eigenvalue weighted by Crippen LogP contribution is -2.28. The van der Waals surface area contributed by atoms with E-state index in [1.165, 1.54) is 13.2 Å². The fourth-order valence-corrected chi connectivity index (χ4v) is 5.42. The number of urea groups is 1. The molecule has 2 aromatic carbocycles. The van der Waals surface area contributed by atoms with Crippen LogP contribution in [0.2, 0.25) is 0 Å². The van der Waals surface area contributed by atoms with Gasteiger partial charge in [-0.1, -0.05) is 0 Å². The Kier molecular flexibility index (Phi) is 9.56. The molecule has 0 atom stereocenters. The summed E-state index contributed by atoms with van der Waals surface area (Å²) < 4.78 is 51.2. The molecule has 0 saturated carbocycles. The van der Waals surface area contributed by atoms with Gasteiger partial charge in [-0.25, -0.2) is 13.6 Å². The third-order valence-electron chi connectivity index (χ3n) is 6.27. The molecule has 45 heavy (non-hydrogen) atoms. The highest BCUT2D eigenvalue weighted by Crippen LogP contribution is 2.41. The van der Waals surface area contributed by atoms with Crippen LogP contribution in [0.1, 0.15) is 27.8 Å². The fraction of sp³-hybridized carbons (Fsp3) is 0.222. The molecule has 0 radical (unpaired) electrons. The monoisotopic (exact) mass is 652 g/mol. The van der Waals surface area contributed by atoms with E-state index in [0.29, 0.717) is 11.3 Å². The Morgan fingerprint density at radius 3 is 2.11 bits per heavy atom. The van der Waals surface area contributed by atoms with Crippen LogP contribution in [0.15, 0.2) is 29.6 Å². The normalized spacial score (nSPS) is 12.0. The molecule has 18 heteroatoms. The maximum absolute atomic E-state index is 14.9. The van der Waals surface area contributed by atoms with Crippen molar-refractivity contribution in [3.05, 3.63) is 57.3 Å². The van der Waals surface area contributed by atoms with Crippen LogP contribution in [0.4, 0.5) is 25.0 Å². The van der Waals surface area contributed by atoms with E-state index in [9.17, 15) is 53.2 Å². The molecule has 2 amide bonds. The van der Waals surface area contributed by atoms with Crippen LogP contribution in [0.5, 0.6) is 23.0 Å². The summed E-state index contributed by atoms with van der Waals surface area (Å²) in [5.41, 5.74) is -1.90. The Labute approximate surface area is 254 Å². The van der Waals surface area contributed by atoms with E-state index < -0.39 is 81.8 Å². The average molecular weight is 653 g/mol. The Morgan fingerprint density at radius 2 is 1.49 bits per heavy atom. The first-order chi connectivity index (χ1) is 21.3. The molecule has 2 heterocycles. The summed E-state index contributed by atoms with van der Waals surface area (Å²) in [5.74, 6) is -14.3. The number of methoxy groups -OCH3 is 1. The number of benzene rings is 2. The van der Waals surface area contributed by atoms with Gasteiger partial charge in [0, 0.05) is 28.0 Å². The highest BCUT2D eigenvalue weighted by molar-refractivity contribution is 7.11. The van der Waals surface area contributed by atoms with Crippen LogP contribution < -0.4 is 29.6 Å². The number of rotatable bonds is 12. The number of halogens is 2. The Hall–Kier alpha value is -5.65. The minimum Gasteiger partial charge on any atom is -0.493 e. The molecule has 238 valence electrons. The standard InChI is InChI=1S/C27H22F2N2O13S/c1-41-16-6-12(29)13(7-17(16)44-8-10-11(28)2-3-15-21(10)43-5-4-42-15)30-27(40)31-14-9-45-22(20(25(36)37)26(38)39)18(14)19(23(32)33)24(34)35/h2-3,6-7,9,19-20H,4-5,8H2,1H3,(H,32,33)(H,34,35)(H,36,37)(H,38,39)(H2,30,31,40). The van der Waals surface area contributed by atoms with Crippen LogP contribution in [0.25, 0.3) is 0 Å². The van der Waals surface area contributed by atoms with Crippen molar-refractivity contribution >= 4 is 52.6 Å². The number of amides is 2. The second kappa shape index (κ2) is 13.3. The van der Waals surface area contributed by atoms with Crippen molar-refractivity contribution in [2.24, 2.45) is 0 Å². The molecular weight excluding hydrogens is 630 g/mol. The quantitative estimate of drug-likeness (QED) is 0.154. The molecular formula is C27H22F2N2O13S. The van der Waals surface area contributed by atoms with Crippen LogP contribution in [0.3, 0.4) is 0 Å². The van der Waals surface area contributed by atoms with Gasteiger partial charge in [0.1, 0.15) is 25.6 Å².